The molecule has 0 atom stereocenters. The lowest BCUT2D eigenvalue weighted by Gasteiger charge is -1.91. The molecule has 0 aromatic carbocycles. The van der Waals surface area contributed by atoms with E-state index in [9.17, 15) is 9.59 Å². The summed E-state index contributed by atoms with van der Waals surface area (Å²) in [5.74, 6) is -3.23. The summed E-state index contributed by atoms with van der Waals surface area (Å²) in [5, 5.41) is 8.69. The number of carbonyl (C=O) groups is 2. The number of methoxy groups -OCH3 is 1. The predicted molar refractivity (Wildman–Crippen MR) is 27.8 cm³/mol. The largest absolute Gasteiger partial charge is 0.499 e. The van der Waals surface area contributed by atoms with Crippen LogP contribution in [0.4, 0.5) is 0 Å². The summed E-state index contributed by atoms with van der Waals surface area (Å²) in [6.45, 7) is 0. The molecular formula is C5H4O5. The van der Waals surface area contributed by atoms with Gasteiger partial charge >= 0.3 is 11.9 Å². The Hall–Kier alpha value is -1.52. The first-order valence-electron chi connectivity index (χ1n) is 2.40. The molecule has 10 heavy (non-hydrogen) atoms. The molecule has 54 valence electrons. The highest BCUT2D eigenvalue weighted by atomic mass is 16.6. The zero-order valence-electron chi connectivity index (χ0n) is 5.08. The fraction of sp³-hybridized carbons (Fsp3) is 0.200. The van der Waals surface area contributed by atoms with Gasteiger partial charge in [0.2, 0.25) is 0 Å². The zero-order valence-corrected chi connectivity index (χ0v) is 5.08. The highest BCUT2D eigenvalue weighted by Crippen LogP contribution is 2.14. The van der Waals surface area contributed by atoms with E-state index in [1.165, 1.54) is 0 Å². The van der Waals surface area contributed by atoms with E-state index in [0.29, 0.717) is 0 Å². The van der Waals surface area contributed by atoms with Crippen LogP contribution in [-0.2, 0) is 19.1 Å². The first-order chi connectivity index (χ1) is 4.66. The maximum atomic E-state index is 10.4. The molecule has 1 N–H and O–H groups in total. The van der Waals surface area contributed by atoms with Crippen LogP contribution >= 0.6 is 0 Å². The van der Waals surface area contributed by atoms with Gasteiger partial charge in [-0.15, -0.1) is 0 Å². The van der Waals surface area contributed by atoms with Crippen molar-refractivity contribution in [2.75, 3.05) is 7.11 Å². The molecule has 0 saturated heterocycles. The SMILES string of the molecule is COC1=C(O)C(=O)OC1=O. The molecule has 0 saturated carbocycles. The van der Waals surface area contributed by atoms with Gasteiger partial charge in [0.1, 0.15) is 0 Å². The van der Waals surface area contributed by atoms with Crippen LogP contribution in [0.1, 0.15) is 0 Å². The minimum absolute atomic E-state index is 0.440. The van der Waals surface area contributed by atoms with Crippen molar-refractivity contribution in [1.82, 2.24) is 0 Å². The van der Waals surface area contributed by atoms with Crippen molar-refractivity contribution in [2.24, 2.45) is 0 Å². The molecule has 0 radical (unpaired) electrons. The minimum Gasteiger partial charge on any atom is -0.499 e. The summed E-state index contributed by atoms with van der Waals surface area (Å²) >= 11 is 0. The van der Waals surface area contributed by atoms with Crippen molar-refractivity contribution in [1.29, 1.82) is 0 Å². The van der Waals surface area contributed by atoms with Crippen LogP contribution in [-0.4, -0.2) is 24.2 Å². The van der Waals surface area contributed by atoms with Crippen LogP contribution in [0.5, 0.6) is 0 Å². The van der Waals surface area contributed by atoms with Gasteiger partial charge < -0.3 is 14.6 Å². The minimum atomic E-state index is -1.07. The highest BCUT2D eigenvalue weighted by molar-refractivity contribution is 6.09. The molecule has 0 unspecified atom stereocenters. The van der Waals surface area contributed by atoms with Gasteiger partial charge in [-0.05, 0) is 0 Å². The van der Waals surface area contributed by atoms with Gasteiger partial charge in [-0.2, -0.15) is 0 Å². The second-order valence-corrected chi connectivity index (χ2v) is 1.56. The van der Waals surface area contributed by atoms with Gasteiger partial charge in [-0.1, -0.05) is 0 Å². The summed E-state index contributed by atoms with van der Waals surface area (Å²) in [4.78, 5) is 20.8. The van der Waals surface area contributed by atoms with Gasteiger partial charge in [-0.25, -0.2) is 9.59 Å². The Kier molecular flexibility index (Phi) is 1.33. The third-order valence-corrected chi connectivity index (χ3v) is 0.983. The molecule has 0 aliphatic carbocycles. The van der Waals surface area contributed by atoms with E-state index in [-0.39, 0.29) is 0 Å². The molecule has 1 rings (SSSR count). The summed E-state index contributed by atoms with van der Waals surface area (Å²) in [7, 11) is 1.16. The van der Waals surface area contributed by atoms with Crippen molar-refractivity contribution in [3.8, 4) is 0 Å². The molecule has 1 aliphatic heterocycles. The number of hydrogen-bond acceptors (Lipinski definition) is 5. The number of cyclic esters (lactones) is 2. The number of ether oxygens (including phenoxy) is 2. The first kappa shape index (κ1) is 6.60. The van der Waals surface area contributed by atoms with E-state index in [2.05, 4.69) is 9.47 Å². The summed E-state index contributed by atoms with van der Waals surface area (Å²) in [5.41, 5.74) is 0. The average molecular weight is 144 g/mol. The number of aliphatic hydroxyl groups is 1. The number of hydrogen-bond donors (Lipinski definition) is 1. The molecular weight excluding hydrogens is 140 g/mol. The Balaban J connectivity index is 3.01. The Bertz CT molecular complexity index is 226. The molecule has 1 aliphatic rings. The molecule has 1 heterocycles. The maximum Gasteiger partial charge on any atom is 0.385 e. The maximum absolute atomic E-state index is 10.4. The number of rotatable bonds is 1. The van der Waals surface area contributed by atoms with E-state index in [1.54, 1.807) is 0 Å². The van der Waals surface area contributed by atoms with Gasteiger partial charge in [-0.3, -0.25) is 0 Å². The second kappa shape index (κ2) is 2.02. The van der Waals surface area contributed by atoms with Crippen molar-refractivity contribution >= 4 is 11.9 Å². The van der Waals surface area contributed by atoms with Crippen LogP contribution in [0.15, 0.2) is 11.5 Å². The molecule has 0 aromatic heterocycles. The monoisotopic (exact) mass is 144 g/mol. The second-order valence-electron chi connectivity index (χ2n) is 1.56. The molecule has 0 aromatic rings. The third-order valence-electron chi connectivity index (χ3n) is 0.983. The lowest BCUT2D eigenvalue weighted by atomic mass is 10.4. The van der Waals surface area contributed by atoms with Crippen LogP contribution in [0, 0.1) is 0 Å². The lowest BCUT2D eigenvalue weighted by Crippen LogP contribution is -2.02. The van der Waals surface area contributed by atoms with E-state index < -0.39 is 23.5 Å². The quantitative estimate of drug-likeness (QED) is 0.396. The molecule has 0 fully saturated rings. The smallest absolute Gasteiger partial charge is 0.385 e. The Morgan fingerprint density at radius 2 is 2.00 bits per heavy atom. The Morgan fingerprint density at radius 1 is 1.40 bits per heavy atom. The summed E-state index contributed by atoms with van der Waals surface area (Å²) in [6.07, 6.45) is 0. The van der Waals surface area contributed by atoms with Crippen LogP contribution in [0.2, 0.25) is 0 Å². The van der Waals surface area contributed by atoms with Gasteiger partial charge in [0.05, 0.1) is 7.11 Å². The molecule has 5 heteroatoms. The van der Waals surface area contributed by atoms with E-state index in [4.69, 9.17) is 5.11 Å². The first-order valence-corrected chi connectivity index (χ1v) is 2.40. The predicted octanol–water partition coefficient (Wildman–Crippen LogP) is -0.514. The summed E-state index contributed by atoms with van der Waals surface area (Å²) < 4.78 is 8.29. The molecule has 0 bridgehead atoms. The van der Waals surface area contributed by atoms with Gasteiger partial charge in [0, 0.05) is 0 Å². The third kappa shape index (κ3) is 0.717. The van der Waals surface area contributed by atoms with Crippen molar-refractivity contribution in [3.05, 3.63) is 11.5 Å². The van der Waals surface area contributed by atoms with Crippen LogP contribution in [0.25, 0.3) is 0 Å². The number of aliphatic hydroxyl groups excluding tert-OH is 1. The molecule has 0 spiro atoms. The fourth-order valence-electron chi connectivity index (χ4n) is 0.548. The van der Waals surface area contributed by atoms with Gasteiger partial charge in [0.25, 0.3) is 11.5 Å². The molecule has 5 nitrogen and oxygen atoms in total. The van der Waals surface area contributed by atoms with Crippen molar-refractivity contribution in [3.63, 3.8) is 0 Å². The van der Waals surface area contributed by atoms with Crippen molar-refractivity contribution < 1.29 is 24.2 Å². The standard InChI is InChI=1S/C5H4O5/c1-9-3-2(6)4(7)10-5(3)8/h6H,1H3. The number of carbonyl (C=O) groups excluding carboxylic acids is 2. The van der Waals surface area contributed by atoms with Crippen LogP contribution < -0.4 is 0 Å². The van der Waals surface area contributed by atoms with Crippen LogP contribution in [0.3, 0.4) is 0 Å². The zero-order chi connectivity index (χ0) is 7.72. The van der Waals surface area contributed by atoms with E-state index in [0.717, 1.165) is 7.11 Å². The summed E-state index contributed by atoms with van der Waals surface area (Å²) in [6, 6.07) is 0. The highest BCUT2D eigenvalue weighted by Gasteiger charge is 2.34. The fourth-order valence-corrected chi connectivity index (χ4v) is 0.548. The lowest BCUT2D eigenvalue weighted by molar-refractivity contribution is -0.153. The van der Waals surface area contributed by atoms with Gasteiger partial charge in [0.15, 0.2) is 0 Å². The molecule has 0 amide bonds. The topological polar surface area (TPSA) is 72.8 Å². The Labute approximate surface area is 55.8 Å². The Morgan fingerprint density at radius 3 is 2.20 bits per heavy atom. The average Bonchev–Trinajstić information content (AvgIpc) is 2.09. The number of esters is 2. The van der Waals surface area contributed by atoms with E-state index >= 15 is 0 Å². The normalized spacial score (nSPS) is 17.7. The van der Waals surface area contributed by atoms with Crippen molar-refractivity contribution in [2.45, 2.75) is 0 Å². The van der Waals surface area contributed by atoms with E-state index in [1.807, 2.05) is 0 Å².